The fraction of sp³-hybridized carbons (Fsp3) is 0.205. The van der Waals surface area contributed by atoms with Crippen molar-refractivity contribution in [3.8, 4) is 23.0 Å². The van der Waals surface area contributed by atoms with Crippen LogP contribution in [0.4, 0.5) is 0 Å². The molecule has 3 N–H and O–H groups in total. The van der Waals surface area contributed by atoms with Gasteiger partial charge in [-0.2, -0.15) is 0 Å². The van der Waals surface area contributed by atoms with E-state index >= 15 is 0 Å². The number of fused-ring (bicyclic) bond motifs is 4. The minimum Gasteiger partial charge on any atom is -0.457 e. The van der Waals surface area contributed by atoms with Crippen LogP contribution in [-0.2, 0) is 11.8 Å². The number of para-hydroxylation sites is 1. The van der Waals surface area contributed by atoms with E-state index in [1.807, 2.05) is 92.3 Å². The van der Waals surface area contributed by atoms with E-state index in [0.29, 0.717) is 35.0 Å². The number of hydrogen-bond donors (Lipinski definition) is 3. The summed E-state index contributed by atoms with van der Waals surface area (Å²) in [6.07, 6.45) is 2.67. The number of carbonyl (C=O) groups is 3. The number of nitrogens with one attached hydrogen (secondary N) is 3. The number of nitrogens with zero attached hydrogens (tertiary/aromatic N) is 2. The van der Waals surface area contributed by atoms with Crippen LogP contribution in [0, 0.1) is 5.92 Å². The molecule has 0 bridgehead atoms. The maximum Gasteiger partial charge on any atom is 0.286 e. The van der Waals surface area contributed by atoms with Crippen molar-refractivity contribution in [3.05, 3.63) is 120 Å². The highest BCUT2D eigenvalue weighted by atomic mass is 16.7. The number of H-pyrrole nitrogens is 1. The lowest BCUT2D eigenvalue weighted by Gasteiger charge is -2.36. The Bertz CT molecular complexity index is 2310. The Kier molecular flexibility index (Phi) is 7.67. The molecular weight excluding hydrogens is 634 g/mol. The van der Waals surface area contributed by atoms with Crippen molar-refractivity contribution < 1.29 is 28.6 Å². The summed E-state index contributed by atoms with van der Waals surface area (Å²) >= 11 is 0. The minimum absolute atomic E-state index is 0.175. The first kappa shape index (κ1) is 31.1. The van der Waals surface area contributed by atoms with Gasteiger partial charge in [0.25, 0.3) is 17.7 Å². The van der Waals surface area contributed by atoms with E-state index in [0.717, 1.165) is 32.9 Å². The zero-order chi connectivity index (χ0) is 34.5. The molecule has 3 unspecified atom stereocenters. The van der Waals surface area contributed by atoms with Crippen LogP contribution in [0.3, 0.4) is 0 Å². The first-order valence-corrected chi connectivity index (χ1v) is 16.6. The van der Waals surface area contributed by atoms with Gasteiger partial charge in [0.15, 0.2) is 11.5 Å². The monoisotopic (exact) mass is 669 g/mol. The Hall–Kier alpha value is -6.23. The topological polar surface area (TPSA) is 127 Å². The van der Waals surface area contributed by atoms with Gasteiger partial charge in [-0.3, -0.25) is 25.2 Å². The van der Waals surface area contributed by atoms with Crippen molar-refractivity contribution >= 4 is 39.5 Å². The second-order valence-corrected chi connectivity index (χ2v) is 12.7. The van der Waals surface area contributed by atoms with Crippen LogP contribution in [-0.4, -0.2) is 45.0 Å². The highest BCUT2D eigenvalue weighted by Crippen LogP contribution is 2.44. The van der Waals surface area contributed by atoms with Gasteiger partial charge in [-0.05, 0) is 60.0 Å². The quantitative estimate of drug-likeness (QED) is 0.157. The predicted molar refractivity (Wildman–Crippen MR) is 187 cm³/mol. The van der Waals surface area contributed by atoms with Gasteiger partial charge < -0.3 is 28.7 Å². The Morgan fingerprint density at radius 2 is 1.68 bits per heavy atom. The van der Waals surface area contributed by atoms with Crippen molar-refractivity contribution in [3.63, 3.8) is 0 Å². The van der Waals surface area contributed by atoms with Gasteiger partial charge in [0, 0.05) is 52.2 Å². The molecule has 3 amide bonds. The lowest BCUT2D eigenvalue weighted by molar-refractivity contribution is -0.128. The van der Waals surface area contributed by atoms with Crippen LogP contribution >= 0.6 is 0 Å². The molecule has 6 aromatic rings. The zero-order valence-corrected chi connectivity index (χ0v) is 27.7. The lowest BCUT2D eigenvalue weighted by Crippen LogP contribution is -2.55. The molecule has 0 radical (unpaired) electrons. The van der Waals surface area contributed by atoms with Gasteiger partial charge in [0.2, 0.25) is 6.79 Å². The average molecular weight is 670 g/mol. The molecule has 11 heteroatoms. The average Bonchev–Trinajstić information content (AvgIpc) is 3.91. The zero-order valence-electron chi connectivity index (χ0n) is 27.7. The van der Waals surface area contributed by atoms with Crippen molar-refractivity contribution in [1.29, 1.82) is 0 Å². The molecule has 0 saturated carbocycles. The molecule has 2 aliphatic heterocycles. The van der Waals surface area contributed by atoms with E-state index in [9.17, 15) is 14.4 Å². The Balaban J connectivity index is 1.03. The summed E-state index contributed by atoms with van der Waals surface area (Å²) in [5, 5.41) is 1.75. The standard InChI is InChI=1S/C39H35N5O6/c1-4-22(2)35(44-36(27-10-5-6-11-28(27)39(44)47)29-20-43(3)32-12-8-7-9-26(29)32)38(46)42-41-37(45)31-18-23-17-24(13-15-30(23)40-31)50-25-14-16-33-34(19-25)49-21-48-33/h5-20,22,35-36,40H,4,21H2,1-3H3,(H,41,45)(H,42,46). The first-order valence-electron chi connectivity index (χ1n) is 16.6. The Morgan fingerprint density at radius 3 is 2.54 bits per heavy atom. The molecule has 4 heterocycles. The molecule has 2 aliphatic rings. The van der Waals surface area contributed by atoms with Gasteiger partial charge in [-0.1, -0.05) is 56.7 Å². The molecule has 4 aromatic carbocycles. The molecule has 0 aliphatic carbocycles. The summed E-state index contributed by atoms with van der Waals surface area (Å²) in [4.78, 5) is 46.4. The number of aryl methyl sites for hydroxylation is 1. The number of ether oxygens (including phenoxy) is 3. The molecule has 8 rings (SSSR count). The van der Waals surface area contributed by atoms with Crippen molar-refractivity contribution in [2.75, 3.05) is 6.79 Å². The fourth-order valence-corrected chi connectivity index (χ4v) is 7.05. The maximum atomic E-state index is 14.2. The van der Waals surface area contributed by atoms with Crippen molar-refractivity contribution in [1.82, 2.24) is 25.3 Å². The van der Waals surface area contributed by atoms with E-state index in [1.54, 1.807) is 35.2 Å². The summed E-state index contributed by atoms with van der Waals surface area (Å²) in [5.74, 6) is 0.987. The number of carbonyl (C=O) groups excluding carboxylic acids is 3. The van der Waals surface area contributed by atoms with Gasteiger partial charge in [0.05, 0.1) is 6.04 Å². The fourth-order valence-electron chi connectivity index (χ4n) is 7.05. The first-order chi connectivity index (χ1) is 24.3. The minimum atomic E-state index is -0.872. The number of benzene rings is 4. The second kappa shape index (κ2) is 12.3. The van der Waals surface area contributed by atoms with E-state index < -0.39 is 23.9 Å². The summed E-state index contributed by atoms with van der Waals surface area (Å²) in [6.45, 7) is 4.11. The van der Waals surface area contributed by atoms with E-state index in [1.165, 1.54) is 0 Å². The normalized spacial score (nSPS) is 16.0. The molecule has 0 saturated heterocycles. The second-order valence-electron chi connectivity index (χ2n) is 12.7. The SMILES string of the molecule is CCC(C)C(C(=O)NNC(=O)c1cc2cc(Oc3ccc4c(c3)OCO4)ccc2[nH]1)N1C(=O)c2ccccc2C1c1cn(C)c2ccccc12. The maximum absolute atomic E-state index is 14.2. The summed E-state index contributed by atoms with van der Waals surface area (Å²) in [6, 6.07) is 26.6. The lowest BCUT2D eigenvalue weighted by atomic mass is 9.93. The number of hydrogen-bond acceptors (Lipinski definition) is 6. The third-order valence-corrected chi connectivity index (χ3v) is 9.69. The Morgan fingerprint density at radius 1 is 0.920 bits per heavy atom. The number of aromatic nitrogens is 2. The van der Waals surface area contributed by atoms with Crippen LogP contribution in [0.15, 0.2) is 97.2 Å². The molecule has 0 fully saturated rings. The van der Waals surface area contributed by atoms with Crippen molar-refractivity contribution in [2.24, 2.45) is 13.0 Å². The highest BCUT2D eigenvalue weighted by Gasteiger charge is 2.46. The molecule has 50 heavy (non-hydrogen) atoms. The summed E-state index contributed by atoms with van der Waals surface area (Å²) in [7, 11) is 1.98. The summed E-state index contributed by atoms with van der Waals surface area (Å²) in [5.41, 5.74) is 9.56. The molecule has 3 atom stereocenters. The smallest absolute Gasteiger partial charge is 0.286 e. The van der Waals surface area contributed by atoms with Crippen LogP contribution in [0.5, 0.6) is 23.0 Å². The molecule has 252 valence electrons. The number of hydrazine groups is 1. The summed E-state index contributed by atoms with van der Waals surface area (Å²) < 4.78 is 18.9. The van der Waals surface area contributed by atoms with Crippen LogP contribution in [0.1, 0.15) is 58.3 Å². The molecule has 2 aromatic heterocycles. The van der Waals surface area contributed by atoms with E-state index in [-0.39, 0.29) is 24.3 Å². The number of rotatable bonds is 8. The predicted octanol–water partition coefficient (Wildman–Crippen LogP) is 6.60. The van der Waals surface area contributed by atoms with Crippen LogP contribution in [0.2, 0.25) is 0 Å². The number of aromatic amines is 1. The van der Waals surface area contributed by atoms with Crippen LogP contribution in [0.25, 0.3) is 21.8 Å². The third-order valence-electron chi connectivity index (χ3n) is 9.69. The molecule has 11 nitrogen and oxygen atoms in total. The highest BCUT2D eigenvalue weighted by molar-refractivity contribution is 6.04. The molecular formula is C39H35N5O6. The third kappa shape index (κ3) is 5.27. The van der Waals surface area contributed by atoms with Gasteiger partial charge in [0.1, 0.15) is 23.2 Å². The van der Waals surface area contributed by atoms with Crippen molar-refractivity contribution in [2.45, 2.75) is 32.4 Å². The van der Waals surface area contributed by atoms with Gasteiger partial charge in [-0.25, -0.2) is 0 Å². The van der Waals surface area contributed by atoms with Gasteiger partial charge in [-0.15, -0.1) is 0 Å². The van der Waals surface area contributed by atoms with Crippen LogP contribution < -0.4 is 25.1 Å². The number of amides is 3. The van der Waals surface area contributed by atoms with E-state index in [4.69, 9.17) is 14.2 Å². The Labute approximate surface area is 287 Å². The molecule has 0 spiro atoms. The van der Waals surface area contributed by atoms with E-state index in [2.05, 4.69) is 15.8 Å². The van der Waals surface area contributed by atoms with Gasteiger partial charge >= 0.3 is 0 Å². The largest absolute Gasteiger partial charge is 0.457 e.